The molecule has 0 bridgehead atoms. The summed E-state index contributed by atoms with van der Waals surface area (Å²) in [5.74, 6) is 0.396. The molecule has 0 spiro atoms. The van der Waals surface area contributed by atoms with Crippen molar-refractivity contribution in [3.8, 4) is 5.75 Å². The van der Waals surface area contributed by atoms with E-state index in [4.69, 9.17) is 16.3 Å². The molecule has 0 fully saturated rings. The summed E-state index contributed by atoms with van der Waals surface area (Å²) in [6.45, 7) is 5.65. The molecule has 1 aromatic carbocycles. The van der Waals surface area contributed by atoms with Crippen LogP contribution in [0.5, 0.6) is 5.75 Å². The van der Waals surface area contributed by atoms with Crippen molar-refractivity contribution in [3.63, 3.8) is 0 Å². The Morgan fingerprint density at radius 2 is 2.18 bits per heavy atom. The van der Waals surface area contributed by atoms with Gasteiger partial charge in [0, 0.05) is 10.5 Å². The highest BCUT2D eigenvalue weighted by Crippen LogP contribution is 2.31. The number of ether oxygens (including phenoxy) is 1. The van der Waals surface area contributed by atoms with Gasteiger partial charge in [0.25, 0.3) is 5.91 Å². The molecule has 0 aliphatic rings. The molecule has 0 aromatic heterocycles. The van der Waals surface area contributed by atoms with Crippen molar-refractivity contribution in [1.29, 1.82) is 0 Å². The molecular formula is C12H15BrClNO2. The molecule has 1 N–H and O–H groups in total. The van der Waals surface area contributed by atoms with Gasteiger partial charge in [0.2, 0.25) is 0 Å². The lowest BCUT2D eigenvalue weighted by Crippen LogP contribution is -2.34. The molecule has 3 nitrogen and oxygen atoms in total. The molecule has 94 valence electrons. The first kappa shape index (κ1) is 14.3. The van der Waals surface area contributed by atoms with E-state index in [1.807, 2.05) is 26.8 Å². The number of benzene rings is 1. The molecule has 0 radical (unpaired) electrons. The number of hydrogen-bond acceptors (Lipinski definition) is 2. The number of nitrogens with one attached hydrogen (secondary N) is 1. The zero-order valence-electron chi connectivity index (χ0n) is 10.0. The van der Waals surface area contributed by atoms with Gasteiger partial charge >= 0.3 is 0 Å². The lowest BCUT2D eigenvalue weighted by atomic mass is 10.2. The summed E-state index contributed by atoms with van der Waals surface area (Å²) in [5.41, 5.74) is 0.890. The summed E-state index contributed by atoms with van der Waals surface area (Å²) in [6.07, 6.45) is 0. The highest BCUT2D eigenvalue weighted by atomic mass is 79.9. The quantitative estimate of drug-likeness (QED) is 0.924. The molecule has 17 heavy (non-hydrogen) atoms. The minimum absolute atomic E-state index is 0.0274. The number of carbonyl (C=O) groups is 1. The van der Waals surface area contributed by atoms with Gasteiger partial charge in [-0.25, -0.2) is 0 Å². The third kappa shape index (κ3) is 4.56. The molecule has 5 heteroatoms. The second-order valence-corrected chi connectivity index (χ2v) is 5.37. The molecule has 0 saturated carbocycles. The van der Waals surface area contributed by atoms with Gasteiger partial charge in [0.15, 0.2) is 6.61 Å². The molecular weight excluding hydrogens is 305 g/mol. The van der Waals surface area contributed by atoms with Gasteiger partial charge in [-0.15, -0.1) is 0 Å². The van der Waals surface area contributed by atoms with Crippen LogP contribution in [0, 0.1) is 6.92 Å². The largest absolute Gasteiger partial charge is 0.482 e. The van der Waals surface area contributed by atoms with Crippen LogP contribution in [0.4, 0.5) is 0 Å². The first-order valence-electron chi connectivity index (χ1n) is 5.28. The third-order valence-corrected chi connectivity index (χ3v) is 2.73. The van der Waals surface area contributed by atoms with Crippen LogP contribution in [0.1, 0.15) is 19.4 Å². The van der Waals surface area contributed by atoms with E-state index < -0.39 is 0 Å². The second-order valence-electron chi connectivity index (χ2n) is 4.04. The van der Waals surface area contributed by atoms with E-state index in [1.165, 1.54) is 0 Å². The first-order valence-corrected chi connectivity index (χ1v) is 6.45. The maximum atomic E-state index is 11.4. The van der Waals surface area contributed by atoms with Crippen LogP contribution in [0.3, 0.4) is 0 Å². The van der Waals surface area contributed by atoms with Crippen LogP contribution in [0.15, 0.2) is 16.6 Å². The summed E-state index contributed by atoms with van der Waals surface area (Å²) in [6, 6.07) is 3.74. The molecule has 1 amide bonds. The van der Waals surface area contributed by atoms with E-state index in [1.54, 1.807) is 6.07 Å². The lowest BCUT2D eigenvalue weighted by molar-refractivity contribution is -0.123. The summed E-state index contributed by atoms with van der Waals surface area (Å²) in [4.78, 5) is 11.4. The van der Waals surface area contributed by atoms with Crippen molar-refractivity contribution >= 4 is 33.4 Å². The van der Waals surface area contributed by atoms with Crippen LogP contribution in [-0.4, -0.2) is 18.6 Å². The molecule has 0 saturated heterocycles. The molecule has 0 atom stereocenters. The van der Waals surface area contributed by atoms with Gasteiger partial charge < -0.3 is 10.1 Å². The molecule has 0 heterocycles. The Hall–Kier alpha value is -0.740. The predicted molar refractivity (Wildman–Crippen MR) is 72.7 cm³/mol. The monoisotopic (exact) mass is 319 g/mol. The molecule has 0 aliphatic carbocycles. The summed E-state index contributed by atoms with van der Waals surface area (Å²) in [5, 5.41) is 3.24. The van der Waals surface area contributed by atoms with Crippen LogP contribution in [-0.2, 0) is 4.79 Å². The summed E-state index contributed by atoms with van der Waals surface area (Å²) in [7, 11) is 0. The Labute approximate surface area is 115 Å². The number of amides is 1. The predicted octanol–water partition coefficient (Wildman–Crippen LogP) is 3.31. The Kier molecular flexibility index (Phi) is 5.28. The Morgan fingerprint density at radius 1 is 1.53 bits per heavy atom. The fourth-order valence-corrected chi connectivity index (χ4v) is 2.40. The Bertz CT molecular complexity index is 398. The van der Waals surface area contributed by atoms with Gasteiger partial charge in [-0.2, -0.15) is 0 Å². The van der Waals surface area contributed by atoms with Crippen molar-refractivity contribution in [2.75, 3.05) is 6.61 Å². The molecule has 0 aliphatic heterocycles. The Morgan fingerprint density at radius 3 is 2.71 bits per heavy atom. The van der Waals surface area contributed by atoms with Crippen molar-refractivity contribution in [1.82, 2.24) is 5.32 Å². The highest BCUT2D eigenvalue weighted by Gasteiger charge is 2.10. The first-order chi connectivity index (χ1) is 7.90. The summed E-state index contributed by atoms with van der Waals surface area (Å²) < 4.78 is 6.31. The minimum Gasteiger partial charge on any atom is -0.482 e. The number of hydrogen-bond donors (Lipinski definition) is 1. The van der Waals surface area contributed by atoms with Gasteiger partial charge in [-0.3, -0.25) is 4.79 Å². The van der Waals surface area contributed by atoms with E-state index in [-0.39, 0.29) is 18.6 Å². The van der Waals surface area contributed by atoms with Gasteiger partial charge in [-0.05, 0) is 38.5 Å². The molecule has 1 rings (SSSR count). The Balaban J connectivity index is 2.67. The topological polar surface area (TPSA) is 38.3 Å². The smallest absolute Gasteiger partial charge is 0.258 e. The maximum absolute atomic E-state index is 11.4. The van der Waals surface area contributed by atoms with Crippen LogP contribution < -0.4 is 10.1 Å². The van der Waals surface area contributed by atoms with E-state index in [0.29, 0.717) is 10.8 Å². The van der Waals surface area contributed by atoms with Crippen LogP contribution in [0.25, 0.3) is 0 Å². The lowest BCUT2D eigenvalue weighted by Gasteiger charge is -2.12. The third-order valence-electron chi connectivity index (χ3n) is 1.99. The molecule has 1 aromatic rings. The van der Waals surface area contributed by atoms with E-state index in [9.17, 15) is 4.79 Å². The minimum atomic E-state index is -0.154. The van der Waals surface area contributed by atoms with Gasteiger partial charge in [0.1, 0.15) is 5.75 Å². The average molecular weight is 321 g/mol. The number of rotatable bonds is 4. The highest BCUT2D eigenvalue weighted by molar-refractivity contribution is 9.10. The van der Waals surface area contributed by atoms with E-state index >= 15 is 0 Å². The number of aryl methyl sites for hydroxylation is 1. The average Bonchev–Trinajstić information content (AvgIpc) is 2.14. The second kappa shape index (κ2) is 6.26. The van der Waals surface area contributed by atoms with Crippen molar-refractivity contribution in [2.45, 2.75) is 26.8 Å². The van der Waals surface area contributed by atoms with E-state index in [2.05, 4.69) is 21.2 Å². The fourth-order valence-electron chi connectivity index (χ4n) is 1.37. The van der Waals surface area contributed by atoms with Crippen molar-refractivity contribution < 1.29 is 9.53 Å². The van der Waals surface area contributed by atoms with Crippen molar-refractivity contribution in [3.05, 3.63) is 27.2 Å². The van der Waals surface area contributed by atoms with Gasteiger partial charge in [0.05, 0.1) is 5.02 Å². The zero-order chi connectivity index (χ0) is 13.0. The standard InChI is InChI=1S/C12H15BrClNO2/c1-7(2)15-11(16)6-17-12-8(3)4-9(13)5-10(12)14/h4-5,7H,6H2,1-3H3,(H,15,16). The molecule has 0 unspecified atom stereocenters. The van der Waals surface area contributed by atoms with Crippen molar-refractivity contribution in [2.24, 2.45) is 0 Å². The zero-order valence-corrected chi connectivity index (χ0v) is 12.4. The van der Waals surface area contributed by atoms with Gasteiger partial charge in [-0.1, -0.05) is 27.5 Å². The van der Waals surface area contributed by atoms with Crippen LogP contribution >= 0.6 is 27.5 Å². The van der Waals surface area contributed by atoms with E-state index in [0.717, 1.165) is 10.0 Å². The van der Waals surface area contributed by atoms with Crippen LogP contribution in [0.2, 0.25) is 5.02 Å². The number of carbonyl (C=O) groups excluding carboxylic acids is 1. The summed E-state index contributed by atoms with van der Waals surface area (Å²) >= 11 is 9.38. The maximum Gasteiger partial charge on any atom is 0.258 e. The SMILES string of the molecule is Cc1cc(Br)cc(Cl)c1OCC(=O)NC(C)C. The number of halogens is 2. The fraction of sp³-hybridized carbons (Fsp3) is 0.417. The normalized spacial score (nSPS) is 10.5.